The molecule has 0 aliphatic heterocycles. The Bertz CT molecular complexity index is 970. The van der Waals surface area contributed by atoms with Gasteiger partial charge in [-0.05, 0) is 30.7 Å². The number of rotatable bonds is 16. The van der Waals surface area contributed by atoms with Gasteiger partial charge in [-0.2, -0.15) is 0 Å². The lowest BCUT2D eigenvalue weighted by molar-refractivity contribution is -0.143. The van der Waals surface area contributed by atoms with Crippen molar-refractivity contribution in [3.8, 4) is 0 Å². The van der Waals surface area contributed by atoms with Crippen LogP contribution in [0.25, 0.3) is 0 Å². The van der Waals surface area contributed by atoms with E-state index in [1.54, 1.807) is 44.2 Å². The lowest BCUT2D eigenvalue weighted by atomic mass is 10.0. The van der Waals surface area contributed by atoms with Crippen molar-refractivity contribution in [3.63, 3.8) is 0 Å². The van der Waals surface area contributed by atoms with Gasteiger partial charge in [-0.3, -0.25) is 24.0 Å². The number of hydrogen-bond acceptors (Lipinski definition) is 7. The van der Waals surface area contributed by atoms with Crippen molar-refractivity contribution in [2.75, 3.05) is 0 Å². The molecule has 1 aromatic rings. The number of carbonyl (C=O) groups excluding carboxylic acids is 5. The van der Waals surface area contributed by atoms with Crippen LogP contribution in [0.15, 0.2) is 30.3 Å². The predicted octanol–water partition coefficient (Wildman–Crippen LogP) is -1.72. The molecule has 0 aliphatic carbocycles. The molecule has 0 saturated carbocycles. The Labute approximate surface area is 214 Å². The first-order chi connectivity index (χ1) is 17.3. The molecule has 0 aromatic heterocycles. The number of benzene rings is 1. The van der Waals surface area contributed by atoms with Crippen LogP contribution >= 0.6 is 0 Å². The van der Waals surface area contributed by atoms with Crippen LogP contribution in [0.5, 0.6) is 0 Å². The Morgan fingerprint density at radius 3 is 1.86 bits per heavy atom. The summed E-state index contributed by atoms with van der Waals surface area (Å²) in [5, 5.41) is 16.5. The molecule has 37 heavy (non-hydrogen) atoms. The third-order valence-corrected chi connectivity index (χ3v) is 5.31. The van der Waals surface area contributed by atoms with Crippen molar-refractivity contribution < 1.29 is 33.9 Å². The topological polar surface area (TPSA) is 237 Å². The van der Waals surface area contributed by atoms with Gasteiger partial charge < -0.3 is 38.3 Å². The number of primary amides is 2. The van der Waals surface area contributed by atoms with Crippen LogP contribution in [0.4, 0.5) is 0 Å². The van der Waals surface area contributed by atoms with Gasteiger partial charge in [0.1, 0.15) is 18.1 Å². The van der Waals surface area contributed by atoms with E-state index in [1.165, 1.54) is 0 Å². The summed E-state index contributed by atoms with van der Waals surface area (Å²) in [4.78, 5) is 72.8. The van der Waals surface area contributed by atoms with Crippen LogP contribution < -0.4 is 33.2 Å². The highest BCUT2D eigenvalue weighted by Crippen LogP contribution is 2.08. The third-order valence-electron chi connectivity index (χ3n) is 5.31. The van der Waals surface area contributed by atoms with Gasteiger partial charge in [0, 0.05) is 6.42 Å². The Balaban J connectivity index is 3.00. The minimum atomic E-state index is -1.47. The molecule has 1 rings (SSSR count). The van der Waals surface area contributed by atoms with Crippen LogP contribution in [0, 0.1) is 5.92 Å². The summed E-state index contributed by atoms with van der Waals surface area (Å²) in [7, 11) is 0. The first-order valence-electron chi connectivity index (χ1n) is 11.8. The SMILES string of the molecule is CC(C)CC(NC(=O)C(CCC(N)=O)NC(=O)C(CC(N)=O)NC(=O)C(N)Cc1ccccc1)C(=O)O. The fraction of sp³-hybridized carbons (Fsp3) is 0.500. The molecule has 13 heteroatoms. The van der Waals surface area contributed by atoms with Crippen LogP contribution in [0.2, 0.25) is 0 Å². The summed E-state index contributed by atoms with van der Waals surface area (Å²) in [6.45, 7) is 3.54. The smallest absolute Gasteiger partial charge is 0.326 e. The summed E-state index contributed by atoms with van der Waals surface area (Å²) >= 11 is 0. The van der Waals surface area contributed by atoms with E-state index in [0.29, 0.717) is 0 Å². The molecular formula is C24H36N6O7. The lowest BCUT2D eigenvalue weighted by Gasteiger charge is -2.25. The number of carboxylic acids is 1. The molecule has 0 aliphatic rings. The molecule has 10 N–H and O–H groups in total. The highest BCUT2D eigenvalue weighted by molar-refractivity contribution is 5.96. The van der Waals surface area contributed by atoms with Gasteiger partial charge in [0.05, 0.1) is 12.5 Å². The second-order valence-corrected chi connectivity index (χ2v) is 9.12. The lowest BCUT2D eigenvalue weighted by Crippen LogP contribution is -2.58. The fourth-order valence-corrected chi connectivity index (χ4v) is 3.44. The Kier molecular flexibility index (Phi) is 12.7. The van der Waals surface area contributed by atoms with Crippen molar-refractivity contribution in [1.82, 2.24) is 16.0 Å². The average Bonchev–Trinajstić information content (AvgIpc) is 2.80. The molecule has 0 spiro atoms. The Morgan fingerprint density at radius 1 is 0.811 bits per heavy atom. The van der Waals surface area contributed by atoms with Crippen LogP contribution in [0.1, 0.15) is 45.1 Å². The van der Waals surface area contributed by atoms with Crippen molar-refractivity contribution in [3.05, 3.63) is 35.9 Å². The van der Waals surface area contributed by atoms with E-state index >= 15 is 0 Å². The maximum Gasteiger partial charge on any atom is 0.326 e. The Morgan fingerprint density at radius 2 is 1.35 bits per heavy atom. The van der Waals surface area contributed by atoms with E-state index in [2.05, 4.69) is 16.0 Å². The number of carbonyl (C=O) groups is 6. The zero-order chi connectivity index (χ0) is 28.1. The fourth-order valence-electron chi connectivity index (χ4n) is 3.44. The van der Waals surface area contributed by atoms with Crippen molar-refractivity contribution in [2.45, 2.75) is 70.1 Å². The molecule has 0 bridgehead atoms. The van der Waals surface area contributed by atoms with Crippen molar-refractivity contribution >= 4 is 35.5 Å². The summed E-state index contributed by atoms with van der Waals surface area (Å²) in [6, 6.07) is 3.76. The van der Waals surface area contributed by atoms with Crippen molar-refractivity contribution in [1.29, 1.82) is 0 Å². The van der Waals surface area contributed by atoms with E-state index in [4.69, 9.17) is 17.2 Å². The molecule has 1 aromatic carbocycles. The predicted molar refractivity (Wildman–Crippen MR) is 133 cm³/mol. The van der Waals surface area contributed by atoms with Gasteiger partial charge in [0.2, 0.25) is 29.5 Å². The molecule has 13 nitrogen and oxygen atoms in total. The largest absolute Gasteiger partial charge is 0.480 e. The average molecular weight is 521 g/mol. The first kappa shape index (κ1) is 31.0. The first-order valence-corrected chi connectivity index (χ1v) is 11.8. The van der Waals surface area contributed by atoms with E-state index in [0.717, 1.165) is 5.56 Å². The maximum absolute atomic E-state index is 13.0. The van der Waals surface area contributed by atoms with E-state index in [9.17, 15) is 33.9 Å². The van der Waals surface area contributed by atoms with Gasteiger partial charge >= 0.3 is 5.97 Å². The van der Waals surface area contributed by atoms with Gasteiger partial charge in [0.25, 0.3) is 0 Å². The summed E-state index contributed by atoms with van der Waals surface area (Å²) in [6.07, 6.45) is -0.851. The Hall–Kier alpha value is -4.00. The molecule has 0 heterocycles. The minimum absolute atomic E-state index is 0.0599. The summed E-state index contributed by atoms with van der Waals surface area (Å²) in [5.74, 6) is -5.53. The number of aliphatic carboxylic acids is 1. The second-order valence-electron chi connectivity index (χ2n) is 9.12. The molecule has 204 valence electrons. The zero-order valence-corrected chi connectivity index (χ0v) is 20.9. The van der Waals surface area contributed by atoms with E-state index in [1.807, 2.05) is 0 Å². The quantitative estimate of drug-likeness (QED) is 0.132. The summed E-state index contributed by atoms with van der Waals surface area (Å²) < 4.78 is 0. The molecule has 4 unspecified atom stereocenters. The molecule has 4 atom stereocenters. The number of amides is 5. The molecule has 5 amide bonds. The minimum Gasteiger partial charge on any atom is -0.480 e. The van der Waals surface area contributed by atoms with Gasteiger partial charge in [-0.25, -0.2) is 4.79 Å². The molecular weight excluding hydrogens is 484 g/mol. The second kappa shape index (κ2) is 15.2. The maximum atomic E-state index is 13.0. The number of carboxylic acid groups (broad SMARTS) is 1. The van der Waals surface area contributed by atoms with Gasteiger partial charge in [-0.15, -0.1) is 0 Å². The normalized spacial score (nSPS) is 14.1. The third kappa shape index (κ3) is 12.0. The molecule has 0 radical (unpaired) electrons. The van der Waals surface area contributed by atoms with Crippen LogP contribution in [-0.2, 0) is 35.2 Å². The molecule has 0 saturated heterocycles. The van der Waals surface area contributed by atoms with Crippen LogP contribution in [0.3, 0.4) is 0 Å². The molecule has 0 fully saturated rings. The highest BCUT2D eigenvalue weighted by atomic mass is 16.4. The zero-order valence-electron chi connectivity index (χ0n) is 20.9. The number of nitrogens with two attached hydrogens (primary N) is 3. The van der Waals surface area contributed by atoms with Crippen LogP contribution in [-0.4, -0.2) is 64.8 Å². The van der Waals surface area contributed by atoms with Gasteiger partial charge in [-0.1, -0.05) is 44.2 Å². The number of hydrogen-bond donors (Lipinski definition) is 7. The summed E-state index contributed by atoms with van der Waals surface area (Å²) in [5.41, 5.74) is 17.1. The van der Waals surface area contributed by atoms with Gasteiger partial charge in [0.15, 0.2) is 0 Å². The van der Waals surface area contributed by atoms with E-state index < -0.39 is 66.1 Å². The standard InChI is InChI=1S/C24H36N6O7/c1-13(2)10-18(24(36)37)30-22(34)16(8-9-19(26)31)28-23(35)17(12-20(27)32)29-21(33)15(25)11-14-6-4-3-5-7-14/h3-7,13,15-18H,8-12,25H2,1-2H3,(H2,26,31)(H2,27,32)(H,28,35)(H,29,33)(H,30,34)(H,36,37). The number of nitrogens with one attached hydrogen (secondary N) is 3. The highest BCUT2D eigenvalue weighted by Gasteiger charge is 2.31. The van der Waals surface area contributed by atoms with E-state index in [-0.39, 0.29) is 31.6 Å². The monoisotopic (exact) mass is 520 g/mol. The van der Waals surface area contributed by atoms with Crippen molar-refractivity contribution in [2.24, 2.45) is 23.1 Å².